The van der Waals surface area contributed by atoms with Crippen LogP contribution in [0.3, 0.4) is 0 Å². The first-order valence-electron chi connectivity index (χ1n) is 8.28. The lowest BCUT2D eigenvalue weighted by Crippen LogP contribution is -2.25. The minimum atomic E-state index is 0.757. The predicted octanol–water partition coefficient (Wildman–Crippen LogP) is 3.50. The third kappa shape index (κ3) is 3.08. The quantitative estimate of drug-likeness (QED) is 0.723. The van der Waals surface area contributed by atoms with Gasteiger partial charge in [-0.3, -0.25) is 9.47 Å². The zero-order chi connectivity index (χ0) is 15.5. The molecule has 1 aliphatic rings. The van der Waals surface area contributed by atoms with Crippen molar-refractivity contribution in [2.24, 2.45) is 0 Å². The van der Waals surface area contributed by atoms with Gasteiger partial charge >= 0.3 is 0 Å². The number of hydrogen-bond donors (Lipinski definition) is 0. The number of likely N-dealkylation sites (tertiary alicyclic amines) is 1. The van der Waals surface area contributed by atoms with Crippen LogP contribution in [0, 0.1) is 0 Å². The first-order valence-corrected chi connectivity index (χ1v) is 8.28. The van der Waals surface area contributed by atoms with Crippen LogP contribution in [-0.4, -0.2) is 40.7 Å². The molecule has 0 unspecified atom stereocenters. The molecule has 0 radical (unpaired) electrons. The van der Waals surface area contributed by atoms with E-state index < -0.39 is 0 Å². The Morgan fingerprint density at radius 2 is 1.74 bits per heavy atom. The third-order valence-electron chi connectivity index (χ3n) is 4.44. The lowest BCUT2D eigenvalue weighted by atomic mass is 10.2. The smallest absolute Gasteiger partial charge is 0.119 e. The molecule has 1 aliphatic heterocycles. The molecule has 0 spiro atoms. The van der Waals surface area contributed by atoms with Gasteiger partial charge in [0.05, 0.1) is 11.0 Å². The molecular weight excluding hydrogens is 286 g/mol. The molecule has 23 heavy (non-hydrogen) atoms. The highest BCUT2D eigenvalue weighted by molar-refractivity contribution is 5.77. The van der Waals surface area contributed by atoms with Gasteiger partial charge in [-0.25, -0.2) is 4.98 Å². The minimum Gasteiger partial charge on any atom is -0.492 e. The molecule has 0 saturated carbocycles. The SMILES string of the molecule is c1ccc2c(c1)ncn2-c1ccc(OCCN2CCCC2)cc1. The highest BCUT2D eigenvalue weighted by atomic mass is 16.5. The Morgan fingerprint density at radius 3 is 2.57 bits per heavy atom. The van der Waals surface area contributed by atoms with Crippen LogP contribution in [0.2, 0.25) is 0 Å². The number of rotatable bonds is 5. The highest BCUT2D eigenvalue weighted by Gasteiger charge is 2.10. The van der Waals surface area contributed by atoms with E-state index >= 15 is 0 Å². The van der Waals surface area contributed by atoms with Crippen LogP contribution in [-0.2, 0) is 0 Å². The topological polar surface area (TPSA) is 30.3 Å². The van der Waals surface area contributed by atoms with Crippen LogP contribution in [0.1, 0.15) is 12.8 Å². The van der Waals surface area contributed by atoms with E-state index in [1.54, 1.807) is 0 Å². The number of para-hydroxylation sites is 2. The standard InChI is InChI=1S/C19H21N3O/c1-2-6-19-18(5-1)20-15-22(19)16-7-9-17(10-8-16)23-14-13-21-11-3-4-12-21/h1-2,5-10,15H,3-4,11-14H2. The Balaban J connectivity index is 1.43. The van der Waals surface area contributed by atoms with Crippen LogP contribution in [0.25, 0.3) is 16.7 Å². The Morgan fingerprint density at radius 1 is 0.957 bits per heavy atom. The van der Waals surface area contributed by atoms with Crippen LogP contribution in [0.15, 0.2) is 54.9 Å². The molecule has 0 aliphatic carbocycles. The second-order valence-electron chi connectivity index (χ2n) is 5.99. The number of benzene rings is 2. The van der Waals surface area contributed by atoms with Gasteiger partial charge in [-0.05, 0) is 62.3 Å². The van der Waals surface area contributed by atoms with Crippen molar-refractivity contribution >= 4 is 11.0 Å². The highest BCUT2D eigenvalue weighted by Crippen LogP contribution is 2.20. The summed E-state index contributed by atoms with van der Waals surface area (Å²) < 4.78 is 7.96. The summed E-state index contributed by atoms with van der Waals surface area (Å²) in [6, 6.07) is 16.4. The van der Waals surface area contributed by atoms with Crippen molar-refractivity contribution < 1.29 is 4.74 Å². The molecule has 0 N–H and O–H groups in total. The zero-order valence-corrected chi connectivity index (χ0v) is 13.2. The lowest BCUT2D eigenvalue weighted by Gasteiger charge is -2.15. The zero-order valence-electron chi connectivity index (χ0n) is 13.2. The molecule has 118 valence electrons. The number of hydrogen-bond acceptors (Lipinski definition) is 3. The molecule has 4 rings (SSSR count). The summed E-state index contributed by atoms with van der Waals surface area (Å²) in [5.41, 5.74) is 3.24. The van der Waals surface area contributed by atoms with E-state index in [4.69, 9.17) is 4.74 Å². The third-order valence-corrected chi connectivity index (χ3v) is 4.44. The van der Waals surface area contributed by atoms with E-state index in [2.05, 4.69) is 32.7 Å². The number of ether oxygens (including phenoxy) is 1. The number of nitrogens with zero attached hydrogens (tertiary/aromatic N) is 3. The van der Waals surface area contributed by atoms with Gasteiger partial charge in [-0.2, -0.15) is 0 Å². The van der Waals surface area contributed by atoms with E-state index in [-0.39, 0.29) is 0 Å². The van der Waals surface area contributed by atoms with Gasteiger partial charge < -0.3 is 4.74 Å². The van der Waals surface area contributed by atoms with Gasteiger partial charge in [0.1, 0.15) is 18.7 Å². The molecule has 0 amide bonds. The van der Waals surface area contributed by atoms with Gasteiger partial charge in [-0.15, -0.1) is 0 Å². The Kier molecular flexibility index (Phi) is 3.99. The van der Waals surface area contributed by atoms with E-state index in [1.807, 2.05) is 36.7 Å². The summed E-state index contributed by atoms with van der Waals surface area (Å²) in [4.78, 5) is 6.90. The monoisotopic (exact) mass is 307 g/mol. The van der Waals surface area contributed by atoms with E-state index in [1.165, 1.54) is 25.9 Å². The molecule has 4 heteroatoms. The average molecular weight is 307 g/mol. The number of fused-ring (bicyclic) bond motifs is 1. The van der Waals surface area contributed by atoms with E-state index in [9.17, 15) is 0 Å². The summed E-state index contributed by atoms with van der Waals surface area (Å²) in [6.07, 6.45) is 4.52. The fraction of sp³-hybridized carbons (Fsp3) is 0.316. The van der Waals surface area contributed by atoms with E-state index in [0.29, 0.717) is 0 Å². The van der Waals surface area contributed by atoms with Crippen molar-refractivity contribution in [2.75, 3.05) is 26.2 Å². The van der Waals surface area contributed by atoms with Crippen molar-refractivity contribution in [2.45, 2.75) is 12.8 Å². The second-order valence-corrected chi connectivity index (χ2v) is 5.99. The molecule has 1 fully saturated rings. The van der Waals surface area contributed by atoms with Gasteiger partial charge in [0.25, 0.3) is 0 Å². The summed E-state index contributed by atoms with van der Waals surface area (Å²) in [6.45, 7) is 4.22. The Labute approximate surface area is 136 Å². The maximum atomic E-state index is 5.86. The van der Waals surface area contributed by atoms with Gasteiger partial charge in [0.15, 0.2) is 0 Å². The Bertz CT molecular complexity index is 773. The van der Waals surface area contributed by atoms with Crippen LogP contribution >= 0.6 is 0 Å². The Hall–Kier alpha value is -2.33. The summed E-state index contributed by atoms with van der Waals surface area (Å²) in [5.74, 6) is 0.928. The predicted molar refractivity (Wildman–Crippen MR) is 92.2 cm³/mol. The van der Waals surface area contributed by atoms with Crippen molar-refractivity contribution in [1.82, 2.24) is 14.5 Å². The van der Waals surface area contributed by atoms with E-state index in [0.717, 1.165) is 35.6 Å². The fourth-order valence-electron chi connectivity index (χ4n) is 3.17. The molecule has 0 bridgehead atoms. The molecule has 2 heterocycles. The molecule has 0 atom stereocenters. The van der Waals surface area contributed by atoms with Crippen molar-refractivity contribution in [1.29, 1.82) is 0 Å². The number of imidazole rings is 1. The van der Waals surface area contributed by atoms with Gasteiger partial charge in [-0.1, -0.05) is 12.1 Å². The largest absolute Gasteiger partial charge is 0.492 e. The minimum absolute atomic E-state index is 0.757. The van der Waals surface area contributed by atoms with Crippen LogP contribution < -0.4 is 4.74 Å². The lowest BCUT2D eigenvalue weighted by molar-refractivity contribution is 0.238. The normalized spacial score (nSPS) is 15.3. The van der Waals surface area contributed by atoms with Crippen LogP contribution in [0.5, 0.6) is 5.75 Å². The van der Waals surface area contributed by atoms with Gasteiger partial charge in [0, 0.05) is 12.2 Å². The molecule has 4 nitrogen and oxygen atoms in total. The van der Waals surface area contributed by atoms with Gasteiger partial charge in [0.2, 0.25) is 0 Å². The second kappa shape index (κ2) is 6.42. The molecule has 1 saturated heterocycles. The fourth-order valence-corrected chi connectivity index (χ4v) is 3.17. The molecule has 1 aromatic heterocycles. The molecule has 2 aromatic carbocycles. The van der Waals surface area contributed by atoms with Crippen molar-refractivity contribution in [3.05, 3.63) is 54.9 Å². The number of aromatic nitrogens is 2. The molecule has 3 aromatic rings. The average Bonchev–Trinajstić information content (AvgIpc) is 3.25. The molecular formula is C19H21N3O. The van der Waals surface area contributed by atoms with Crippen molar-refractivity contribution in [3.8, 4) is 11.4 Å². The summed E-state index contributed by atoms with van der Waals surface area (Å²) >= 11 is 0. The first kappa shape index (κ1) is 14.3. The van der Waals surface area contributed by atoms with Crippen LogP contribution in [0.4, 0.5) is 0 Å². The maximum Gasteiger partial charge on any atom is 0.119 e. The summed E-state index contributed by atoms with van der Waals surface area (Å²) in [7, 11) is 0. The van der Waals surface area contributed by atoms with Crippen molar-refractivity contribution in [3.63, 3.8) is 0 Å². The first-order chi connectivity index (χ1) is 11.4. The summed E-state index contributed by atoms with van der Waals surface area (Å²) in [5, 5.41) is 0. The maximum absolute atomic E-state index is 5.86.